The molecule has 0 N–H and O–H groups in total. The van der Waals surface area contributed by atoms with Crippen LogP contribution in [0.1, 0.15) is 17.9 Å². The number of hydrogen-bond acceptors (Lipinski definition) is 1. The van der Waals surface area contributed by atoms with E-state index in [1.807, 2.05) is 11.3 Å². The first-order valence-electron chi connectivity index (χ1n) is 15.6. The Hall–Kier alpha value is -5.38. The van der Waals surface area contributed by atoms with E-state index in [0.717, 1.165) is 6.42 Å². The van der Waals surface area contributed by atoms with Gasteiger partial charge in [0.15, 0.2) is 0 Å². The van der Waals surface area contributed by atoms with Gasteiger partial charge in [0.25, 0.3) is 0 Å². The molecule has 3 heterocycles. The first kappa shape index (κ1) is 25.0. The van der Waals surface area contributed by atoms with Gasteiger partial charge in [-0.15, -0.1) is 11.3 Å². The fourth-order valence-electron chi connectivity index (χ4n) is 7.63. The van der Waals surface area contributed by atoms with Gasteiger partial charge in [0.2, 0.25) is 0 Å². The average Bonchev–Trinajstić information content (AvgIpc) is 3.75. The molecule has 1 unspecified atom stereocenters. The number of aromatic nitrogens is 2. The van der Waals surface area contributed by atoms with Gasteiger partial charge in [0, 0.05) is 59.0 Å². The summed E-state index contributed by atoms with van der Waals surface area (Å²) in [5.41, 5.74) is 8.83. The highest BCUT2D eigenvalue weighted by Gasteiger charge is 2.21. The second-order valence-corrected chi connectivity index (χ2v) is 13.1. The van der Waals surface area contributed by atoms with Crippen LogP contribution in [0.4, 0.5) is 0 Å². The summed E-state index contributed by atoms with van der Waals surface area (Å²) < 4.78 is 7.67. The largest absolute Gasteiger partial charge is 0.310 e. The highest BCUT2D eigenvalue weighted by Crippen LogP contribution is 2.43. The lowest BCUT2D eigenvalue weighted by molar-refractivity contribution is 0.859. The number of para-hydroxylation sites is 3. The molecular formula is C42H28N2S. The van der Waals surface area contributed by atoms with Gasteiger partial charge in [0.05, 0.1) is 22.1 Å². The van der Waals surface area contributed by atoms with Crippen molar-refractivity contribution >= 4 is 80.8 Å². The summed E-state index contributed by atoms with van der Waals surface area (Å²) in [5.74, 6) is 0.356. The zero-order valence-electron chi connectivity index (χ0n) is 24.5. The van der Waals surface area contributed by atoms with Crippen LogP contribution in [-0.2, 0) is 0 Å². The molecule has 1 aliphatic rings. The third kappa shape index (κ3) is 3.62. The van der Waals surface area contributed by atoms with Crippen molar-refractivity contribution in [1.82, 2.24) is 9.13 Å². The minimum absolute atomic E-state index is 0.356. The molecule has 3 heteroatoms. The maximum absolute atomic E-state index is 2.48. The van der Waals surface area contributed by atoms with Gasteiger partial charge in [-0.3, -0.25) is 0 Å². The van der Waals surface area contributed by atoms with Crippen LogP contribution in [0, 0.1) is 0 Å². The third-order valence-electron chi connectivity index (χ3n) is 9.65. The van der Waals surface area contributed by atoms with Gasteiger partial charge < -0.3 is 9.13 Å². The van der Waals surface area contributed by atoms with Gasteiger partial charge >= 0.3 is 0 Å². The highest BCUT2D eigenvalue weighted by molar-refractivity contribution is 7.26. The van der Waals surface area contributed by atoms with Crippen LogP contribution < -0.4 is 0 Å². The van der Waals surface area contributed by atoms with E-state index in [0.29, 0.717) is 5.92 Å². The van der Waals surface area contributed by atoms with E-state index in [-0.39, 0.29) is 0 Å². The van der Waals surface area contributed by atoms with Crippen molar-refractivity contribution in [3.8, 4) is 5.69 Å². The summed E-state index contributed by atoms with van der Waals surface area (Å²) in [6.07, 6.45) is 8.20. The molecule has 9 aromatic rings. The number of allylic oxidation sites excluding steroid dienone is 4. The van der Waals surface area contributed by atoms with Crippen molar-refractivity contribution in [3.05, 3.63) is 157 Å². The summed E-state index contributed by atoms with van der Waals surface area (Å²) in [4.78, 5) is 0. The Morgan fingerprint density at radius 1 is 0.511 bits per heavy atom. The van der Waals surface area contributed by atoms with E-state index in [9.17, 15) is 0 Å². The summed E-state index contributed by atoms with van der Waals surface area (Å²) in [5, 5.41) is 7.86. The first-order chi connectivity index (χ1) is 22.3. The lowest BCUT2D eigenvalue weighted by Crippen LogP contribution is -2.03. The predicted molar refractivity (Wildman–Crippen MR) is 194 cm³/mol. The van der Waals surface area contributed by atoms with Crippen LogP contribution in [-0.4, -0.2) is 9.13 Å². The number of rotatable bonds is 3. The molecule has 0 spiro atoms. The molecule has 0 radical (unpaired) electrons. The lowest BCUT2D eigenvalue weighted by atomic mass is 9.90. The Kier molecular flexibility index (Phi) is 5.31. The van der Waals surface area contributed by atoms with Crippen LogP contribution in [0.5, 0.6) is 0 Å². The molecule has 0 fully saturated rings. The summed E-state index contributed by atoms with van der Waals surface area (Å²) in [6.45, 7) is 0. The Balaban J connectivity index is 1.16. The fraction of sp³-hybridized carbons (Fsp3) is 0.0476. The van der Waals surface area contributed by atoms with Crippen LogP contribution in [0.2, 0.25) is 0 Å². The van der Waals surface area contributed by atoms with Gasteiger partial charge in [0.1, 0.15) is 0 Å². The molecule has 1 aliphatic carbocycles. The molecule has 0 saturated carbocycles. The van der Waals surface area contributed by atoms with Gasteiger partial charge in [-0.25, -0.2) is 0 Å². The van der Waals surface area contributed by atoms with E-state index in [2.05, 4.69) is 161 Å². The first-order valence-corrected chi connectivity index (χ1v) is 16.5. The SMILES string of the molecule is C1=CC(c2cccc3c2sc2ccccc23)CC=C1n1c2ccccc2c2cc3c(cc21)c1ccccc1n3-c1ccccc1. The number of benzene rings is 6. The minimum Gasteiger partial charge on any atom is -0.310 e. The molecule has 1 atom stereocenters. The van der Waals surface area contributed by atoms with E-state index in [4.69, 9.17) is 0 Å². The molecule has 0 amide bonds. The van der Waals surface area contributed by atoms with Crippen molar-refractivity contribution in [2.75, 3.05) is 0 Å². The highest BCUT2D eigenvalue weighted by atomic mass is 32.1. The topological polar surface area (TPSA) is 9.86 Å². The summed E-state index contributed by atoms with van der Waals surface area (Å²) in [7, 11) is 0. The molecule has 0 saturated heterocycles. The Morgan fingerprint density at radius 2 is 1.13 bits per heavy atom. The summed E-state index contributed by atoms with van der Waals surface area (Å²) >= 11 is 1.92. The predicted octanol–water partition coefficient (Wildman–Crippen LogP) is 11.8. The molecule has 6 aromatic carbocycles. The molecule has 10 rings (SSSR count). The number of nitrogens with zero attached hydrogens (tertiary/aromatic N) is 2. The molecule has 45 heavy (non-hydrogen) atoms. The minimum atomic E-state index is 0.356. The third-order valence-corrected chi connectivity index (χ3v) is 10.9. The zero-order valence-corrected chi connectivity index (χ0v) is 25.3. The Morgan fingerprint density at radius 3 is 1.87 bits per heavy atom. The standard InChI is InChI=1S/C42H28N2S/c1-2-11-28(12-3-1)43-37-18-7-4-13-31(37)35-26-40-36(25-39(35)43)32-14-5-8-19-38(32)44(40)29-23-21-27(22-24-29)30-16-10-17-34-33-15-6-9-20-41(33)45-42(30)34/h1-21,23-27H,22H2. The molecule has 0 aliphatic heterocycles. The number of fused-ring (bicyclic) bond motifs is 9. The molecule has 0 bridgehead atoms. The second-order valence-electron chi connectivity index (χ2n) is 12.1. The number of thiophene rings is 1. The lowest BCUT2D eigenvalue weighted by Gasteiger charge is -2.19. The van der Waals surface area contributed by atoms with Gasteiger partial charge in [-0.05, 0) is 60.5 Å². The molecule has 3 aromatic heterocycles. The maximum Gasteiger partial charge on any atom is 0.0548 e. The van der Waals surface area contributed by atoms with Gasteiger partial charge in [-0.2, -0.15) is 0 Å². The van der Waals surface area contributed by atoms with Crippen molar-refractivity contribution < 1.29 is 0 Å². The normalized spacial score (nSPS) is 15.3. The average molecular weight is 593 g/mol. The molecule has 2 nitrogen and oxygen atoms in total. The van der Waals surface area contributed by atoms with E-state index in [1.165, 1.54) is 80.7 Å². The zero-order chi connectivity index (χ0) is 29.5. The van der Waals surface area contributed by atoms with Crippen LogP contribution in [0.15, 0.2) is 152 Å². The Labute approximate surface area is 264 Å². The second kappa shape index (κ2) is 9.56. The number of hydrogen-bond donors (Lipinski definition) is 0. The van der Waals surface area contributed by atoms with E-state index < -0.39 is 0 Å². The van der Waals surface area contributed by atoms with Crippen LogP contribution >= 0.6 is 11.3 Å². The van der Waals surface area contributed by atoms with Crippen molar-refractivity contribution in [1.29, 1.82) is 0 Å². The summed E-state index contributed by atoms with van der Waals surface area (Å²) in [6, 6.07) is 48.8. The van der Waals surface area contributed by atoms with E-state index in [1.54, 1.807) is 0 Å². The van der Waals surface area contributed by atoms with E-state index >= 15 is 0 Å². The molecular weight excluding hydrogens is 565 g/mol. The fourth-order valence-corrected chi connectivity index (χ4v) is 8.91. The molecule has 212 valence electrons. The van der Waals surface area contributed by atoms with Gasteiger partial charge in [-0.1, -0.05) is 103 Å². The van der Waals surface area contributed by atoms with Crippen LogP contribution in [0.3, 0.4) is 0 Å². The quantitative estimate of drug-likeness (QED) is 0.193. The monoisotopic (exact) mass is 592 g/mol. The van der Waals surface area contributed by atoms with Crippen LogP contribution in [0.25, 0.3) is 75.2 Å². The Bertz CT molecular complexity index is 2680. The van der Waals surface area contributed by atoms with Crippen molar-refractivity contribution in [2.45, 2.75) is 12.3 Å². The van der Waals surface area contributed by atoms with Crippen molar-refractivity contribution in [3.63, 3.8) is 0 Å². The smallest absolute Gasteiger partial charge is 0.0548 e. The van der Waals surface area contributed by atoms with Crippen molar-refractivity contribution in [2.24, 2.45) is 0 Å². The maximum atomic E-state index is 2.48.